The van der Waals surface area contributed by atoms with Crippen molar-refractivity contribution in [2.24, 2.45) is 5.73 Å². The highest BCUT2D eigenvalue weighted by atomic mass is 16.5. The van der Waals surface area contributed by atoms with Gasteiger partial charge in [0.25, 0.3) is 0 Å². The molecule has 0 aromatic rings. The van der Waals surface area contributed by atoms with Crippen LogP contribution >= 0.6 is 0 Å². The minimum absolute atomic E-state index is 0.145. The van der Waals surface area contributed by atoms with Gasteiger partial charge in [0.15, 0.2) is 0 Å². The summed E-state index contributed by atoms with van der Waals surface area (Å²) in [5, 5.41) is 0. The van der Waals surface area contributed by atoms with Crippen LogP contribution in [0.1, 0.15) is 19.8 Å². The summed E-state index contributed by atoms with van der Waals surface area (Å²) in [6.45, 7) is 2.10. The van der Waals surface area contributed by atoms with E-state index in [1.54, 1.807) is 14.0 Å². The monoisotopic (exact) mass is 200 g/mol. The van der Waals surface area contributed by atoms with Gasteiger partial charge in [-0.1, -0.05) is 0 Å². The van der Waals surface area contributed by atoms with E-state index in [9.17, 15) is 9.59 Å². The molecule has 5 nitrogen and oxygen atoms in total. The normalized spacial score (nSPS) is 25.4. The van der Waals surface area contributed by atoms with Gasteiger partial charge in [-0.15, -0.1) is 0 Å². The van der Waals surface area contributed by atoms with Crippen LogP contribution in [0.2, 0.25) is 0 Å². The molecule has 1 heterocycles. The van der Waals surface area contributed by atoms with Gasteiger partial charge >= 0.3 is 0 Å². The summed E-state index contributed by atoms with van der Waals surface area (Å²) in [5.41, 5.74) is 5.56. The first-order chi connectivity index (χ1) is 6.56. The van der Waals surface area contributed by atoms with Crippen LogP contribution in [0.3, 0.4) is 0 Å². The van der Waals surface area contributed by atoms with Crippen molar-refractivity contribution < 1.29 is 14.3 Å². The highest BCUT2D eigenvalue weighted by molar-refractivity contribution is 6.00. The number of piperidine rings is 1. The number of nitrogens with zero attached hydrogens (tertiary/aromatic N) is 1. The SMILES string of the molecule is COC(C)CN1C(=O)CCC(N)C1=O. The van der Waals surface area contributed by atoms with Crippen LogP contribution in [0.25, 0.3) is 0 Å². The molecule has 2 atom stereocenters. The molecule has 80 valence electrons. The lowest BCUT2D eigenvalue weighted by Crippen LogP contribution is -2.53. The molecule has 1 aliphatic heterocycles. The number of nitrogens with two attached hydrogens (primary N) is 1. The van der Waals surface area contributed by atoms with Crippen molar-refractivity contribution in [1.29, 1.82) is 0 Å². The topological polar surface area (TPSA) is 72.6 Å². The molecule has 0 saturated carbocycles. The third-order valence-electron chi connectivity index (χ3n) is 2.40. The number of rotatable bonds is 3. The average molecular weight is 200 g/mol. The van der Waals surface area contributed by atoms with E-state index in [2.05, 4.69) is 0 Å². The summed E-state index contributed by atoms with van der Waals surface area (Å²) < 4.78 is 5.00. The Morgan fingerprint density at radius 2 is 2.29 bits per heavy atom. The summed E-state index contributed by atoms with van der Waals surface area (Å²) in [4.78, 5) is 24.1. The maximum atomic E-state index is 11.5. The Bertz CT molecular complexity index is 242. The van der Waals surface area contributed by atoms with Crippen LogP contribution in [-0.4, -0.2) is 42.5 Å². The number of methoxy groups -OCH3 is 1. The Hall–Kier alpha value is -0.940. The molecular formula is C9H16N2O3. The van der Waals surface area contributed by atoms with Crippen molar-refractivity contribution in [1.82, 2.24) is 4.90 Å². The quantitative estimate of drug-likeness (QED) is 0.623. The Kier molecular flexibility index (Phi) is 3.60. The van der Waals surface area contributed by atoms with Crippen LogP contribution in [-0.2, 0) is 14.3 Å². The third-order valence-corrected chi connectivity index (χ3v) is 2.40. The number of likely N-dealkylation sites (tertiary alicyclic amines) is 1. The van der Waals surface area contributed by atoms with Gasteiger partial charge in [-0.05, 0) is 13.3 Å². The van der Waals surface area contributed by atoms with Gasteiger partial charge in [0, 0.05) is 13.5 Å². The number of carbonyl (C=O) groups is 2. The van der Waals surface area contributed by atoms with Gasteiger partial charge in [0.2, 0.25) is 11.8 Å². The summed E-state index contributed by atoms with van der Waals surface area (Å²) in [7, 11) is 1.55. The van der Waals surface area contributed by atoms with Crippen LogP contribution in [0.5, 0.6) is 0 Å². The summed E-state index contributed by atoms with van der Waals surface area (Å²) >= 11 is 0. The Morgan fingerprint density at radius 3 is 2.86 bits per heavy atom. The lowest BCUT2D eigenvalue weighted by atomic mass is 10.0. The van der Waals surface area contributed by atoms with Crippen molar-refractivity contribution in [3.05, 3.63) is 0 Å². The fourth-order valence-electron chi connectivity index (χ4n) is 1.38. The molecule has 0 radical (unpaired) electrons. The van der Waals surface area contributed by atoms with Crippen molar-refractivity contribution in [3.63, 3.8) is 0 Å². The van der Waals surface area contributed by atoms with Crippen molar-refractivity contribution in [2.45, 2.75) is 31.9 Å². The number of hydrogen-bond acceptors (Lipinski definition) is 4. The number of amides is 2. The molecule has 0 aromatic heterocycles. The molecular weight excluding hydrogens is 184 g/mol. The largest absolute Gasteiger partial charge is 0.380 e. The van der Waals surface area contributed by atoms with Gasteiger partial charge in [-0.25, -0.2) is 0 Å². The Labute approximate surface area is 83.2 Å². The zero-order chi connectivity index (χ0) is 10.7. The van der Waals surface area contributed by atoms with Gasteiger partial charge in [-0.3, -0.25) is 14.5 Å². The van der Waals surface area contributed by atoms with Crippen molar-refractivity contribution in [2.75, 3.05) is 13.7 Å². The van der Waals surface area contributed by atoms with Crippen LogP contribution < -0.4 is 5.73 Å². The molecule has 2 amide bonds. The Morgan fingerprint density at radius 1 is 1.64 bits per heavy atom. The molecule has 1 saturated heterocycles. The maximum absolute atomic E-state index is 11.5. The second kappa shape index (κ2) is 4.52. The molecule has 1 rings (SSSR count). The zero-order valence-electron chi connectivity index (χ0n) is 8.53. The fraction of sp³-hybridized carbons (Fsp3) is 0.778. The Balaban J connectivity index is 2.63. The molecule has 14 heavy (non-hydrogen) atoms. The van der Waals surface area contributed by atoms with Gasteiger partial charge in [0.1, 0.15) is 0 Å². The van der Waals surface area contributed by atoms with Crippen molar-refractivity contribution >= 4 is 11.8 Å². The second-order valence-electron chi connectivity index (χ2n) is 3.53. The standard InChI is InChI=1S/C9H16N2O3/c1-6(14-2)5-11-8(12)4-3-7(10)9(11)13/h6-7H,3-5,10H2,1-2H3. The summed E-state index contributed by atoms with van der Waals surface area (Å²) in [6, 6.07) is -0.531. The maximum Gasteiger partial charge on any atom is 0.246 e. The highest BCUT2D eigenvalue weighted by Crippen LogP contribution is 2.12. The molecule has 0 aromatic carbocycles. The number of imide groups is 1. The van der Waals surface area contributed by atoms with E-state index in [1.807, 2.05) is 0 Å². The van der Waals surface area contributed by atoms with Crippen molar-refractivity contribution in [3.8, 4) is 0 Å². The molecule has 1 fully saturated rings. The molecule has 1 aliphatic rings. The third kappa shape index (κ3) is 2.30. The minimum atomic E-state index is -0.531. The number of carbonyl (C=O) groups excluding carboxylic acids is 2. The number of ether oxygens (including phenoxy) is 1. The first-order valence-corrected chi connectivity index (χ1v) is 4.69. The van der Waals surface area contributed by atoms with Crippen LogP contribution in [0.4, 0.5) is 0 Å². The molecule has 0 spiro atoms. The molecule has 2 unspecified atom stereocenters. The lowest BCUT2D eigenvalue weighted by Gasteiger charge is -2.30. The van der Waals surface area contributed by atoms with Crippen LogP contribution in [0.15, 0.2) is 0 Å². The first-order valence-electron chi connectivity index (χ1n) is 4.69. The predicted molar refractivity (Wildman–Crippen MR) is 50.4 cm³/mol. The molecule has 5 heteroatoms. The van der Waals surface area contributed by atoms with Gasteiger partial charge < -0.3 is 10.5 Å². The van der Waals surface area contributed by atoms with Gasteiger partial charge in [-0.2, -0.15) is 0 Å². The van der Waals surface area contributed by atoms with E-state index in [0.29, 0.717) is 19.4 Å². The van der Waals surface area contributed by atoms with E-state index in [0.717, 1.165) is 0 Å². The van der Waals surface area contributed by atoms with E-state index in [1.165, 1.54) is 4.90 Å². The van der Waals surface area contributed by atoms with E-state index >= 15 is 0 Å². The zero-order valence-corrected chi connectivity index (χ0v) is 8.53. The van der Waals surface area contributed by atoms with E-state index in [4.69, 9.17) is 10.5 Å². The average Bonchev–Trinajstić information content (AvgIpc) is 2.18. The lowest BCUT2D eigenvalue weighted by molar-refractivity contribution is -0.150. The molecule has 2 N–H and O–H groups in total. The second-order valence-corrected chi connectivity index (χ2v) is 3.53. The highest BCUT2D eigenvalue weighted by Gasteiger charge is 2.32. The minimum Gasteiger partial charge on any atom is -0.380 e. The summed E-state index contributed by atoms with van der Waals surface area (Å²) in [6.07, 6.45) is 0.659. The predicted octanol–water partition coefficient (Wildman–Crippen LogP) is -0.502. The first kappa shape index (κ1) is 11.1. The van der Waals surface area contributed by atoms with E-state index < -0.39 is 6.04 Å². The summed E-state index contributed by atoms with van der Waals surface area (Å²) in [5.74, 6) is -0.439. The fourth-order valence-corrected chi connectivity index (χ4v) is 1.38. The molecule has 0 bridgehead atoms. The van der Waals surface area contributed by atoms with E-state index in [-0.39, 0.29) is 17.9 Å². The van der Waals surface area contributed by atoms with Crippen LogP contribution in [0, 0.1) is 0 Å². The number of hydrogen-bond donors (Lipinski definition) is 1. The molecule has 0 aliphatic carbocycles. The van der Waals surface area contributed by atoms with Gasteiger partial charge in [0.05, 0.1) is 18.7 Å². The smallest absolute Gasteiger partial charge is 0.246 e.